The molecule has 1 saturated heterocycles. The Morgan fingerprint density at radius 2 is 2.18 bits per heavy atom. The van der Waals surface area contributed by atoms with Crippen LogP contribution in [0.1, 0.15) is 20.3 Å². The smallest absolute Gasteiger partial charge is 0.0986 e. The molecule has 1 aliphatic rings. The molecule has 0 radical (unpaired) electrons. The van der Waals surface area contributed by atoms with Gasteiger partial charge in [0.25, 0.3) is 0 Å². The predicted molar refractivity (Wildman–Crippen MR) is 44.4 cm³/mol. The normalized spacial score (nSPS) is 35.5. The first kappa shape index (κ1) is 8.75. The Bertz CT molecular complexity index is 163. The minimum atomic E-state index is -0.700. The summed E-state index contributed by atoms with van der Waals surface area (Å²) in [5.74, 6) is 0. The predicted octanol–water partition coefficient (Wildman–Crippen LogP) is 1.35. The van der Waals surface area contributed by atoms with Crippen molar-refractivity contribution in [3.63, 3.8) is 0 Å². The van der Waals surface area contributed by atoms with Crippen molar-refractivity contribution in [2.45, 2.75) is 25.9 Å². The molecular formula is C9H16O2. The summed E-state index contributed by atoms with van der Waals surface area (Å²) in [7, 11) is 0. The summed E-state index contributed by atoms with van der Waals surface area (Å²) in [5.41, 5.74) is -0.837. The van der Waals surface area contributed by atoms with Crippen LogP contribution in [-0.4, -0.2) is 23.9 Å². The summed E-state index contributed by atoms with van der Waals surface area (Å²) < 4.78 is 5.23. The first-order valence-electron chi connectivity index (χ1n) is 3.93. The van der Waals surface area contributed by atoms with E-state index < -0.39 is 5.60 Å². The summed E-state index contributed by atoms with van der Waals surface area (Å²) >= 11 is 0. The molecule has 0 aliphatic carbocycles. The fourth-order valence-corrected chi connectivity index (χ4v) is 1.38. The van der Waals surface area contributed by atoms with Crippen LogP contribution in [-0.2, 0) is 4.74 Å². The van der Waals surface area contributed by atoms with Crippen LogP contribution in [0.5, 0.6) is 0 Å². The van der Waals surface area contributed by atoms with E-state index in [-0.39, 0.29) is 5.41 Å². The third kappa shape index (κ3) is 1.33. The Morgan fingerprint density at radius 3 is 2.55 bits per heavy atom. The first-order valence-corrected chi connectivity index (χ1v) is 3.93. The molecule has 0 spiro atoms. The minimum absolute atomic E-state index is 0.138. The summed E-state index contributed by atoms with van der Waals surface area (Å²) in [6, 6.07) is 0. The molecule has 0 bridgehead atoms. The quantitative estimate of drug-likeness (QED) is 0.611. The Kier molecular flexibility index (Phi) is 2.08. The minimum Gasteiger partial charge on any atom is -0.387 e. The lowest BCUT2D eigenvalue weighted by molar-refractivity contribution is -0.0295. The van der Waals surface area contributed by atoms with Gasteiger partial charge in [-0.1, -0.05) is 19.9 Å². The van der Waals surface area contributed by atoms with Crippen molar-refractivity contribution in [1.82, 2.24) is 0 Å². The molecule has 0 aromatic rings. The molecule has 0 amide bonds. The van der Waals surface area contributed by atoms with E-state index in [9.17, 15) is 5.11 Å². The molecule has 2 heteroatoms. The molecule has 2 nitrogen and oxygen atoms in total. The summed E-state index contributed by atoms with van der Waals surface area (Å²) in [6.07, 6.45) is 2.36. The molecule has 1 rings (SSSR count). The van der Waals surface area contributed by atoms with Crippen LogP contribution in [0.15, 0.2) is 12.7 Å². The van der Waals surface area contributed by atoms with Gasteiger partial charge in [-0.05, 0) is 6.42 Å². The van der Waals surface area contributed by atoms with Crippen molar-refractivity contribution in [2.24, 2.45) is 5.41 Å². The van der Waals surface area contributed by atoms with Crippen molar-refractivity contribution in [3.05, 3.63) is 12.7 Å². The lowest BCUT2D eigenvalue weighted by Crippen LogP contribution is -2.43. The molecule has 11 heavy (non-hydrogen) atoms. The molecule has 1 fully saturated rings. The van der Waals surface area contributed by atoms with Gasteiger partial charge < -0.3 is 9.84 Å². The van der Waals surface area contributed by atoms with Crippen molar-refractivity contribution in [3.8, 4) is 0 Å². The van der Waals surface area contributed by atoms with Gasteiger partial charge in [-0.25, -0.2) is 0 Å². The Hall–Kier alpha value is -0.340. The second kappa shape index (κ2) is 2.61. The molecule has 0 saturated carbocycles. The van der Waals surface area contributed by atoms with E-state index in [1.54, 1.807) is 6.08 Å². The first-order chi connectivity index (χ1) is 5.02. The Labute approximate surface area is 67.9 Å². The maximum absolute atomic E-state index is 10.0. The number of aliphatic hydroxyl groups is 1. The second-order valence-corrected chi connectivity index (χ2v) is 3.90. The van der Waals surface area contributed by atoms with E-state index in [2.05, 4.69) is 6.58 Å². The van der Waals surface area contributed by atoms with Crippen LogP contribution >= 0.6 is 0 Å². The topological polar surface area (TPSA) is 29.5 Å². The SMILES string of the molecule is C=CCC1(O)COCC1(C)C. The van der Waals surface area contributed by atoms with E-state index in [0.717, 1.165) is 0 Å². The highest BCUT2D eigenvalue weighted by Crippen LogP contribution is 2.39. The van der Waals surface area contributed by atoms with Gasteiger partial charge in [0.2, 0.25) is 0 Å². The summed E-state index contributed by atoms with van der Waals surface area (Å²) in [5, 5.41) is 10.0. The standard InChI is InChI=1S/C9H16O2/c1-4-5-9(10)7-11-6-8(9,2)3/h4,10H,1,5-7H2,2-3H3. The van der Waals surface area contributed by atoms with Crippen LogP contribution in [0.4, 0.5) is 0 Å². The molecule has 1 heterocycles. The van der Waals surface area contributed by atoms with Crippen LogP contribution in [0, 0.1) is 5.41 Å². The van der Waals surface area contributed by atoms with Crippen LogP contribution in [0.2, 0.25) is 0 Å². The van der Waals surface area contributed by atoms with Gasteiger partial charge in [-0.2, -0.15) is 0 Å². The highest BCUT2D eigenvalue weighted by molar-refractivity contribution is 5.01. The van der Waals surface area contributed by atoms with Gasteiger partial charge >= 0.3 is 0 Å². The average Bonchev–Trinajstić information content (AvgIpc) is 2.09. The van der Waals surface area contributed by atoms with Gasteiger partial charge in [0.1, 0.15) is 0 Å². The molecule has 1 aliphatic heterocycles. The van der Waals surface area contributed by atoms with Crippen LogP contribution < -0.4 is 0 Å². The van der Waals surface area contributed by atoms with Crippen molar-refractivity contribution >= 4 is 0 Å². The second-order valence-electron chi connectivity index (χ2n) is 3.90. The molecule has 0 aromatic carbocycles. The Morgan fingerprint density at radius 1 is 1.55 bits per heavy atom. The van der Waals surface area contributed by atoms with Gasteiger partial charge in [0.05, 0.1) is 18.8 Å². The van der Waals surface area contributed by atoms with Gasteiger partial charge in [0, 0.05) is 5.41 Å². The lowest BCUT2D eigenvalue weighted by atomic mass is 9.76. The zero-order valence-electron chi connectivity index (χ0n) is 7.26. The van der Waals surface area contributed by atoms with E-state index in [4.69, 9.17) is 4.74 Å². The van der Waals surface area contributed by atoms with Gasteiger partial charge in [-0.3, -0.25) is 0 Å². The fraction of sp³-hybridized carbons (Fsp3) is 0.778. The van der Waals surface area contributed by atoms with Crippen molar-refractivity contribution < 1.29 is 9.84 Å². The molecule has 1 unspecified atom stereocenters. The number of hydrogen-bond acceptors (Lipinski definition) is 2. The molecule has 1 N–H and O–H groups in total. The largest absolute Gasteiger partial charge is 0.387 e. The third-order valence-electron chi connectivity index (χ3n) is 2.55. The van der Waals surface area contributed by atoms with Crippen molar-refractivity contribution in [2.75, 3.05) is 13.2 Å². The Balaban J connectivity index is 2.75. The van der Waals surface area contributed by atoms with E-state index in [1.807, 2.05) is 13.8 Å². The fourth-order valence-electron chi connectivity index (χ4n) is 1.38. The van der Waals surface area contributed by atoms with E-state index in [0.29, 0.717) is 19.6 Å². The zero-order valence-corrected chi connectivity index (χ0v) is 7.26. The summed E-state index contributed by atoms with van der Waals surface area (Å²) in [4.78, 5) is 0. The van der Waals surface area contributed by atoms with Crippen molar-refractivity contribution in [1.29, 1.82) is 0 Å². The highest BCUT2D eigenvalue weighted by Gasteiger charge is 2.47. The molecule has 1 atom stereocenters. The molecular weight excluding hydrogens is 140 g/mol. The average molecular weight is 156 g/mol. The van der Waals surface area contributed by atoms with E-state index >= 15 is 0 Å². The van der Waals surface area contributed by atoms with Crippen LogP contribution in [0.25, 0.3) is 0 Å². The van der Waals surface area contributed by atoms with Gasteiger partial charge in [-0.15, -0.1) is 6.58 Å². The molecule has 64 valence electrons. The maximum Gasteiger partial charge on any atom is 0.0986 e. The maximum atomic E-state index is 10.0. The monoisotopic (exact) mass is 156 g/mol. The zero-order chi connectivity index (χ0) is 8.54. The van der Waals surface area contributed by atoms with E-state index in [1.165, 1.54) is 0 Å². The highest BCUT2D eigenvalue weighted by atomic mass is 16.5. The number of hydrogen-bond donors (Lipinski definition) is 1. The summed E-state index contributed by atoms with van der Waals surface area (Å²) in [6.45, 7) is 8.73. The number of ether oxygens (including phenoxy) is 1. The van der Waals surface area contributed by atoms with Crippen LogP contribution in [0.3, 0.4) is 0 Å². The lowest BCUT2D eigenvalue weighted by Gasteiger charge is -2.33. The van der Waals surface area contributed by atoms with Gasteiger partial charge in [0.15, 0.2) is 0 Å². The number of rotatable bonds is 2. The third-order valence-corrected chi connectivity index (χ3v) is 2.55. The molecule has 0 aromatic heterocycles.